The standard InChI is InChI=1S/C14H16N2O/c1-9-4-5-12(14(17-3)10(9)2)13-8-11(15)6-7-16-13/h4-8H,1-3H3,(H2,15,16). The second-order valence-electron chi connectivity index (χ2n) is 4.06. The molecule has 0 saturated heterocycles. The molecule has 0 unspecified atom stereocenters. The zero-order valence-corrected chi connectivity index (χ0v) is 10.3. The van der Waals surface area contributed by atoms with Crippen LogP contribution in [0.15, 0.2) is 30.5 Å². The highest BCUT2D eigenvalue weighted by Crippen LogP contribution is 2.33. The van der Waals surface area contributed by atoms with Crippen molar-refractivity contribution in [2.45, 2.75) is 13.8 Å². The Kier molecular flexibility index (Phi) is 3.00. The van der Waals surface area contributed by atoms with Crippen LogP contribution in [0.2, 0.25) is 0 Å². The molecule has 0 fully saturated rings. The summed E-state index contributed by atoms with van der Waals surface area (Å²) in [6.07, 6.45) is 1.71. The molecule has 1 heterocycles. The Morgan fingerprint density at radius 3 is 2.59 bits per heavy atom. The van der Waals surface area contributed by atoms with E-state index in [4.69, 9.17) is 10.5 Å². The summed E-state index contributed by atoms with van der Waals surface area (Å²) in [4.78, 5) is 4.33. The molecular weight excluding hydrogens is 212 g/mol. The van der Waals surface area contributed by atoms with E-state index in [0.717, 1.165) is 22.6 Å². The maximum absolute atomic E-state index is 5.77. The van der Waals surface area contributed by atoms with Crippen molar-refractivity contribution >= 4 is 5.69 Å². The third kappa shape index (κ3) is 2.09. The molecule has 3 heteroatoms. The molecule has 2 rings (SSSR count). The van der Waals surface area contributed by atoms with Crippen molar-refractivity contribution in [2.24, 2.45) is 0 Å². The number of methoxy groups -OCH3 is 1. The lowest BCUT2D eigenvalue weighted by Crippen LogP contribution is -1.96. The van der Waals surface area contributed by atoms with Gasteiger partial charge in [0, 0.05) is 17.4 Å². The van der Waals surface area contributed by atoms with Crippen LogP contribution in [0.1, 0.15) is 11.1 Å². The van der Waals surface area contributed by atoms with Gasteiger partial charge in [0.15, 0.2) is 0 Å². The minimum atomic E-state index is 0.704. The predicted molar refractivity (Wildman–Crippen MR) is 70.1 cm³/mol. The van der Waals surface area contributed by atoms with Crippen LogP contribution in [-0.4, -0.2) is 12.1 Å². The summed E-state index contributed by atoms with van der Waals surface area (Å²) in [5.74, 6) is 0.864. The lowest BCUT2D eigenvalue weighted by Gasteiger charge is -2.13. The van der Waals surface area contributed by atoms with Gasteiger partial charge in [-0.25, -0.2) is 0 Å². The molecule has 0 aliphatic rings. The highest BCUT2D eigenvalue weighted by Gasteiger charge is 2.11. The van der Waals surface area contributed by atoms with Gasteiger partial charge in [-0.05, 0) is 43.2 Å². The Morgan fingerprint density at radius 1 is 1.18 bits per heavy atom. The smallest absolute Gasteiger partial charge is 0.131 e. The molecule has 0 atom stereocenters. The molecular formula is C14H16N2O. The molecule has 1 aromatic carbocycles. The van der Waals surface area contributed by atoms with Crippen molar-refractivity contribution in [3.63, 3.8) is 0 Å². The van der Waals surface area contributed by atoms with Crippen molar-refractivity contribution in [1.82, 2.24) is 4.98 Å². The van der Waals surface area contributed by atoms with E-state index in [1.165, 1.54) is 5.56 Å². The Morgan fingerprint density at radius 2 is 1.94 bits per heavy atom. The second-order valence-corrected chi connectivity index (χ2v) is 4.06. The maximum atomic E-state index is 5.77. The quantitative estimate of drug-likeness (QED) is 0.859. The average Bonchev–Trinajstić information content (AvgIpc) is 2.32. The summed E-state index contributed by atoms with van der Waals surface area (Å²) in [6, 6.07) is 7.71. The van der Waals surface area contributed by atoms with Crippen LogP contribution in [-0.2, 0) is 0 Å². The number of hydrogen-bond donors (Lipinski definition) is 1. The molecule has 17 heavy (non-hydrogen) atoms. The van der Waals surface area contributed by atoms with E-state index in [-0.39, 0.29) is 0 Å². The fourth-order valence-electron chi connectivity index (χ4n) is 1.85. The van der Waals surface area contributed by atoms with Gasteiger partial charge in [0.05, 0.1) is 12.8 Å². The molecule has 0 aliphatic carbocycles. The molecule has 0 aliphatic heterocycles. The molecule has 0 amide bonds. The van der Waals surface area contributed by atoms with E-state index in [0.29, 0.717) is 5.69 Å². The van der Waals surface area contributed by atoms with E-state index < -0.39 is 0 Å². The summed E-state index contributed by atoms with van der Waals surface area (Å²) in [6.45, 7) is 4.11. The molecule has 2 N–H and O–H groups in total. The summed E-state index contributed by atoms with van der Waals surface area (Å²) < 4.78 is 5.47. The number of nitrogens with zero attached hydrogens (tertiary/aromatic N) is 1. The normalized spacial score (nSPS) is 10.3. The van der Waals surface area contributed by atoms with Gasteiger partial charge in [-0.3, -0.25) is 4.98 Å². The van der Waals surface area contributed by atoms with Gasteiger partial charge >= 0.3 is 0 Å². The van der Waals surface area contributed by atoms with Gasteiger partial charge in [0.1, 0.15) is 5.75 Å². The zero-order valence-electron chi connectivity index (χ0n) is 10.3. The van der Waals surface area contributed by atoms with E-state index in [2.05, 4.69) is 18.0 Å². The van der Waals surface area contributed by atoms with Crippen molar-refractivity contribution in [2.75, 3.05) is 12.8 Å². The minimum absolute atomic E-state index is 0.704. The van der Waals surface area contributed by atoms with Crippen LogP contribution in [0, 0.1) is 13.8 Å². The Hall–Kier alpha value is -2.03. The van der Waals surface area contributed by atoms with E-state index in [1.807, 2.05) is 19.1 Å². The van der Waals surface area contributed by atoms with Crippen molar-refractivity contribution in [3.05, 3.63) is 41.6 Å². The molecule has 2 aromatic rings. The van der Waals surface area contributed by atoms with Gasteiger partial charge < -0.3 is 10.5 Å². The summed E-state index contributed by atoms with van der Waals surface area (Å²) in [5, 5.41) is 0. The molecule has 88 valence electrons. The third-order valence-corrected chi connectivity index (χ3v) is 2.94. The van der Waals surface area contributed by atoms with Crippen LogP contribution >= 0.6 is 0 Å². The van der Waals surface area contributed by atoms with Crippen molar-refractivity contribution < 1.29 is 4.74 Å². The maximum Gasteiger partial charge on any atom is 0.131 e. The molecule has 0 spiro atoms. The summed E-state index contributed by atoms with van der Waals surface area (Å²) >= 11 is 0. The average molecular weight is 228 g/mol. The number of nitrogens with two attached hydrogens (primary N) is 1. The monoisotopic (exact) mass is 228 g/mol. The highest BCUT2D eigenvalue weighted by molar-refractivity contribution is 5.72. The lowest BCUT2D eigenvalue weighted by atomic mass is 10.0. The largest absolute Gasteiger partial charge is 0.496 e. The number of aromatic nitrogens is 1. The second kappa shape index (κ2) is 4.45. The van der Waals surface area contributed by atoms with Crippen LogP contribution in [0.25, 0.3) is 11.3 Å². The lowest BCUT2D eigenvalue weighted by molar-refractivity contribution is 0.413. The van der Waals surface area contributed by atoms with E-state index in [9.17, 15) is 0 Å². The zero-order chi connectivity index (χ0) is 12.4. The van der Waals surface area contributed by atoms with Gasteiger partial charge in [0.2, 0.25) is 0 Å². The molecule has 1 aromatic heterocycles. The first-order valence-electron chi connectivity index (χ1n) is 5.49. The summed E-state index contributed by atoms with van der Waals surface area (Å²) in [5.41, 5.74) is 10.6. The highest BCUT2D eigenvalue weighted by atomic mass is 16.5. The van der Waals surface area contributed by atoms with Crippen LogP contribution < -0.4 is 10.5 Å². The first-order valence-corrected chi connectivity index (χ1v) is 5.49. The van der Waals surface area contributed by atoms with Crippen LogP contribution in [0.5, 0.6) is 5.75 Å². The van der Waals surface area contributed by atoms with Gasteiger partial charge in [-0.1, -0.05) is 6.07 Å². The predicted octanol–water partition coefficient (Wildman–Crippen LogP) is 2.96. The minimum Gasteiger partial charge on any atom is -0.496 e. The Labute approximate surface area is 101 Å². The number of benzene rings is 1. The van der Waals surface area contributed by atoms with Gasteiger partial charge in [-0.15, -0.1) is 0 Å². The van der Waals surface area contributed by atoms with E-state index >= 15 is 0 Å². The molecule has 0 bridgehead atoms. The van der Waals surface area contributed by atoms with Crippen LogP contribution in [0.4, 0.5) is 5.69 Å². The fourth-order valence-corrected chi connectivity index (χ4v) is 1.85. The Balaban J connectivity index is 2.63. The summed E-state index contributed by atoms with van der Waals surface area (Å²) in [7, 11) is 1.68. The van der Waals surface area contributed by atoms with Crippen LogP contribution in [0.3, 0.4) is 0 Å². The molecule has 0 radical (unpaired) electrons. The number of hydrogen-bond acceptors (Lipinski definition) is 3. The topological polar surface area (TPSA) is 48.1 Å². The number of rotatable bonds is 2. The Bertz CT molecular complexity index is 550. The first kappa shape index (κ1) is 11.5. The van der Waals surface area contributed by atoms with Gasteiger partial charge in [-0.2, -0.15) is 0 Å². The van der Waals surface area contributed by atoms with E-state index in [1.54, 1.807) is 19.4 Å². The number of pyridine rings is 1. The number of anilines is 1. The number of aryl methyl sites for hydroxylation is 1. The molecule has 0 saturated carbocycles. The third-order valence-electron chi connectivity index (χ3n) is 2.94. The van der Waals surface area contributed by atoms with Gasteiger partial charge in [0.25, 0.3) is 0 Å². The van der Waals surface area contributed by atoms with Crippen molar-refractivity contribution in [3.8, 4) is 17.0 Å². The van der Waals surface area contributed by atoms with Crippen molar-refractivity contribution in [1.29, 1.82) is 0 Å². The SMILES string of the molecule is COc1c(-c2cc(N)ccn2)ccc(C)c1C. The fraction of sp³-hybridized carbons (Fsp3) is 0.214. The number of ether oxygens (including phenoxy) is 1. The molecule has 3 nitrogen and oxygen atoms in total. The first-order chi connectivity index (χ1) is 8.13. The number of nitrogen functional groups attached to an aromatic ring is 1.